The van der Waals surface area contributed by atoms with E-state index in [1.165, 1.54) is 39.0 Å². The van der Waals surface area contributed by atoms with Crippen molar-refractivity contribution in [2.45, 2.75) is 19.5 Å². The fourth-order valence-electron chi connectivity index (χ4n) is 2.92. The van der Waals surface area contributed by atoms with Crippen molar-refractivity contribution in [3.8, 4) is 5.82 Å². The highest BCUT2D eigenvalue weighted by atomic mass is 16.2. The molecule has 152 valence electrons. The minimum atomic E-state index is -0.290. The number of aromatic nitrogens is 7. The molecule has 4 aromatic rings. The number of fused-ring (bicyclic) bond motifs is 1. The van der Waals surface area contributed by atoms with Gasteiger partial charge in [-0.15, -0.1) is 5.10 Å². The van der Waals surface area contributed by atoms with Crippen LogP contribution in [0.5, 0.6) is 0 Å². The standard InChI is InChI=1S/C19H18N8O3/c28-17(7-9-25-13-22-15-4-2-1-3-14(15)19(25)30)21-8-10-26-18(29)6-5-16(24-26)27-12-20-11-23-27/h1-6,11-13H,7-10H2,(H,21,28). The number of benzene rings is 1. The number of hydrogen-bond donors (Lipinski definition) is 1. The minimum Gasteiger partial charge on any atom is -0.354 e. The second kappa shape index (κ2) is 8.47. The molecule has 3 heterocycles. The van der Waals surface area contributed by atoms with E-state index in [1.807, 2.05) is 6.07 Å². The summed E-state index contributed by atoms with van der Waals surface area (Å²) >= 11 is 0. The van der Waals surface area contributed by atoms with Gasteiger partial charge >= 0.3 is 0 Å². The first-order valence-electron chi connectivity index (χ1n) is 9.26. The van der Waals surface area contributed by atoms with Gasteiger partial charge in [0.15, 0.2) is 5.82 Å². The van der Waals surface area contributed by atoms with Crippen molar-refractivity contribution >= 4 is 16.8 Å². The number of rotatable bonds is 7. The smallest absolute Gasteiger partial charge is 0.266 e. The summed E-state index contributed by atoms with van der Waals surface area (Å²) in [5, 5.41) is 11.4. The zero-order valence-corrected chi connectivity index (χ0v) is 15.9. The highest BCUT2D eigenvalue weighted by Crippen LogP contribution is 2.04. The number of amides is 1. The number of para-hydroxylation sites is 1. The first kappa shape index (κ1) is 19.2. The van der Waals surface area contributed by atoms with Gasteiger partial charge in [0, 0.05) is 25.6 Å². The first-order valence-corrected chi connectivity index (χ1v) is 9.26. The van der Waals surface area contributed by atoms with Crippen LogP contribution in [0.4, 0.5) is 0 Å². The van der Waals surface area contributed by atoms with Crippen LogP contribution in [0.25, 0.3) is 16.7 Å². The third-order valence-electron chi connectivity index (χ3n) is 4.46. The van der Waals surface area contributed by atoms with Gasteiger partial charge in [-0.2, -0.15) is 5.10 Å². The molecule has 0 saturated carbocycles. The molecule has 0 fully saturated rings. The van der Waals surface area contributed by atoms with Gasteiger partial charge < -0.3 is 5.32 Å². The third-order valence-corrected chi connectivity index (χ3v) is 4.46. The topological polar surface area (TPSA) is 130 Å². The van der Waals surface area contributed by atoms with E-state index in [0.29, 0.717) is 16.7 Å². The molecule has 1 aromatic carbocycles. The second-order valence-electron chi connectivity index (χ2n) is 6.45. The van der Waals surface area contributed by atoms with Gasteiger partial charge in [-0.05, 0) is 18.2 Å². The molecule has 0 saturated heterocycles. The fraction of sp³-hybridized carbons (Fsp3) is 0.211. The third kappa shape index (κ3) is 4.14. The van der Waals surface area contributed by atoms with Gasteiger partial charge in [0.1, 0.15) is 12.7 Å². The number of nitrogens with zero attached hydrogens (tertiary/aromatic N) is 7. The number of carbonyl (C=O) groups excluding carboxylic acids is 1. The summed E-state index contributed by atoms with van der Waals surface area (Å²) in [6.07, 6.45) is 4.40. The zero-order chi connectivity index (χ0) is 20.9. The van der Waals surface area contributed by atoms with Gasteiger partial charge in [0.05, 0.1) is 23.8 Å². The molecule has 1 amide bonds. The zero-order valence-electron chi connectivity index (χ0n) is 15.9. The molecule has 3 aromatic heterocycles. The Kier molecular flexibility index (Phi) is 5.42. The van der Waals surface area contributed by atoms with E-state index in [0.717, 1.165) is 0 Å². The largest absolute Gasteiger partial charge is 0.354 e. The Morgan fingerprint density at radius 3 is 2.73 bits per heavy atom. The molecule has 0 spiro atoms. The van der Waals surface area contributed by atoms with Crippen molar-refractivity contribution in [3.05, 3.63) is 76.1 Å². The normalized spacial score (nSPS) is 10.9. The van der Waals surface area contributed by atoms with E-state index in [1.54, 1.807) is 24.3 Å². The van der Waals surface area contributed by atoms with E-state index >= 15 is 0 Å². The van der Waals surface area contributed by atoms with Crippen LogP contribution in [-0.4, -0.2) is 46.5 Å². The van der Waals surface area contributed by atoms with Crippen molar-refractivity contribution in [2.75, 3.05) is 6.54 Å². The number of hydrogen-bond acceptors (Lipinski definition) is 7. The van der Waals surface area contributed by atoms with Crippen LogP contribution < -0.4 is 16.4 Å². The summed E-state index contributed by atoms with van der Waals surface area (Å²) in [5.74, 6) is 0.206. The van der Waals surface area contributed by atoms with E-state index in [2.05, 4.69) is 25.5 Å². The average molecular weight is 406 g/mol. The molecule has 0 unspecified atom stereocenters. The van der Waals surface area contributed by atoms with E-state index in [-0.39, 0.29) is 43.1 Å². The molecule has 0 radical (unpaired) electrons. The minimum absolute atomic E-state index is 0.112. The summed E-state index contributed by atoms with van der Waals surface area (Å²) < 4.78 is 4.09. The fourth-order valence-corrected chi connectivity index (χ4v) is 2.92. The molecular formula is C19H18N8O3. The summed E-state index contributed by atoms with van der Waals surface area (Å²) in [6.45, 7) is 0.629. The molecule has 1 N–H and O–H groups in total. The average Bonchev–Trinajstić information content (AvgIpc) is 3.30. The SMILES string of the molecule is O=C(CCn1cnc2ccccc2c1=O)NCCn1nc(-n2cncn2)ccc1=O. The molecule has 0 aliphatic rings. The quantitative estimate of drug-likeness (QED) is 0.448. The molecule has 0 bridgehead atoms. The Hall–Kier alpha value is -4.15. The molecular weight excluding hydrogens is 388 g/mol. The predicted molar refractivity (Wildman–Crippen MR) is 107 cm³/mol. The van der Waals surface area contributed by atoms with Gasteiger partial charge in [0.2, 0.25) is 5.91 Å². The van der Waals surface area contributed by atoms with Crippen LogP contribution in [0, 0.1) is 0 Å². The maximum absolute atomic E-state index is 12.4. The van der Waals surface area contributed by atoms with Gasteiger partial charge in [0.25, 0.3) is 11.1 Å². The van der Waals surface area contributed by atoms with Crippen LogP contribution in [0.2, 0.25) is 0 Å². The van der Waals surface area contributed by atoms with Gasteiger partial charge in [-0.25, -0.2) is 19.3 Å². The summed E-state index contributed by atoms with van der Waals surface area (Å²) in [4.78, 5) is 44.6. The van der Waals surface area contributed by atoms with Crippen molar-refractivity contribution in [3.63, 3.8) is 0 Å². The number of aryl methyl sites for hydroxylation is 1. The van der Waals surface area contributed by atoms with Gasteiger partial charge in [-0.3, -0.25) is 19.0 Å². The van der Waals surface area contributed by atoms with Crippen LogP contribution >= 0.6 is 0 Å². The molecule has 0 atom stereocenters. The maximum atomic E-state index is 12.4. The van der Waals surface area contributed by atoms with E-state index in [4.69, 9.17) is 0 Å². The molecule has 4 rings (SSSR count). The first-order chi connectivity index (χ1) is 14.6. The van der Waals surface area contributed by atoms with E-state index in [9.17, 15) is 14.4 Å². The Morgan fingerprint density at radius 2 is 1.90 bits per heavy atom. The lowest BCUT2D eigenvalue weighted by atomic mass is 10.2. The Labute approximate surface area is 169 Å². The molecule has 0 aliphatic heterocycles. The van der Waals surface area contributed by atoms with Crippen LogP contribution in [0.3, 0.4) is 0 Å². The lowest BCUT2D eigenvalue weighted by Gasteiger charge is -2.09. The van der Waals surface area contributed by atoms with Crippen molar-refractivity contribution in [1.82, 2.24) is 39.4 Å². The maximum Gasteiger partial charge on any atom is 0.266 e. The van der Waals surface area contributed by atoms with Gasteiger partial charge in [-0.1, -0.05) is 12.1 Å². The lowest BCUT2D eigenvalue weighted by Crippen LogP contribution is -2.33. The second-order valence-corrected chi connectivity index (χ2v) is 6.45. The van der Waals surface area contributed by atoms with Crippen LogP contribution in [-0.2, 0) is 17.9 Å². The summed E-state index contributed by atoms with van der Waals surface area (Å²) in [6, 6.07) is 9.98. The Balaban J connectivity index is 1.33. The summed E-state index contributed by atoms with van der Waals surface area (Å²) in [5.41, 5.74) is 0.144. The molecule has 11 heteroatoms. The predicted octanol–water partition coefficient (Wildman–Crippen LogP) is -0.260. The Bertz CT molecular complexity index is 1290. The Morgan fingerprint density at radius 1 is 1.03 bits per heavy atom. The van der Waals surface area contributed by atoms with Crippen LogP contribution in [0.1, 0.15) is 6.42 Å². The number of nitrogens with one attached hydrogen (secondary N) is 1. The highest BCUT2D eigenvalue weighted by molar-refractivity contribution is 5.77. The lowest BCUT2D eigenvalue weighted by molar-refractivity contribution is -0.121. The molecule has 30 heavy (non-hydrogen) atoms. The summed E-state index contributed by atoms with van der Waals surface area (Å²) in [7, 11) is 0. The number of carbonyl (C=O) groups is 1. The van der Waals surface area contributed by atoms with Crippen LogP contribution in [0.15, 0.2) is 65.0 Å². The van der Waals surface area contributed by atoms with Crippen molar-refractivity contribution in [2.24, 2.45) is 0 Å². The molecule has 11 nitrogen and oxygen atoms in total. The molecule has 0 aliphatic carbocycles. The monoisotopic (exact) mass is 406 g/mol. The van der Waals surface area contributed by atoms with Crippen molar-refractivity contribution in [1.29, 1.82) is 0 Å². The highest BCUT2D eigenvalue weighted by Gasteiger charge is 2.07. The van der Waals surface area contributed by atoms with E-state index < -0.39 is 0 Å². The van der Waals surface area contributed by atoms with Crippen molar-refractivity contribution < 1.29 is 4.79 Å².